The van der Waals surface area contributed by atoms with E-state index in [-0.39, 0.29) is 18.3 Å². The number of benzene rings is 2. The molecule has 0 fully saturated rings. The predicted octanol–water partition coefficient (Wildman–Crippen LogP) is 3.79. The lowest BCUT2D eigenvalue weighted by Crippen LogP contribution is -2.10. The molecule has 1 unspecified atom stereocenters. The number of hydrogen-bond donors (Lipinski definition) is 0. The lowest BCUT2D eigenvalue weighted by atomic mass is 9.88. The van der Waals surface area contributed by atoms with Crippen molar-refractivity contribution >= 4 is 5.97 Å². The van der Waals surface area contributed by atoms with E-state index in [1.807, 2.05) is 55.5 Å². The number of carbonyl (C=O) groups is 1. The summed E-state index contributed by atoms with van der Waals surface area (Å²) in [6, 6.07) is 15.7. The third-order valence-electron chi connectivity index (χ3n) is 3.69. The van der Waals surface area contributed by atoms with Crippen molar-refractivity contribution in [3.05, 3.63) is 59.7 Å². The molecule has 0 saturated heterocycles. The average molecular weight is 314 g/mol. The number of rotatable bonds is 7. The van der Waals surface area contributed by atoms with Gasteiger partial charge in [-0.1, -0.05) is 36.4 Å². The summed E-state index contributed by atoms with van der Waals surface area (Å²) in [5, 5.41) is 0. The van der Waals surface area contributed by atoms with E-state index in [1.165, 1.54) is 7.11 Å². The van der Waals surface area contributed by atoms with Crippen molar-refractivity contribution in [1.82, 2.24) is 0 Å². The third kappa shape index (κ3) is 4.25. The molecule has 0 aliphatic rings. The fourth-order valence-electron chi connectivity index (χ4n) is 2.54. The highest BCUT2D eigenvalue weighted by atomic mass is 16.5. The lowest BCUT2D eigenvalue weighted by Gasteiger charge is -2.19. The summed E-state index contributed by atoms with van der Waals surface area (Å²) in [4.78, 5) is 11.8. The molecule has 0 saturated carbocycles. The largest absolute Gasteiger partial charge is 0.493 e. The Morgan fingerprint density at radius 2 is 1.74 bits per heavy atom. The maximum absolute atomic E-state index is 11.8. The van der Waals surface area contributed by atoms with Crippen molar-refractivity contribution in [2.45, 2.75) is 19.3 Å². The Labute approximate surface area is 137 Å². The van der Waals surface area contributed by atoms with Gasteiger partial charge in [0.2, 0.25) is 0 Å². The number of methoxy groups -OCH3 is 2. The highest BCUT2D eigenvalue weighted by Crippen LogP contribution is 2.35. The first-order chi connectivity index (χ1) is 11.2. The monoisotopic (exact) mass is 314 g/mol. The van der Waals surface area contributed by atoms with Gasteiger partial charge in [-0.3, -0.25) is 4.79 Å². The van der Waals surface area contributed by atoms with E-state index in [1.54, 1.807) is 7.11 Å². The van der Waals surface area contributed by atoms with Gasteiger partial charge < -0.3 is 14.2 Å². The topological polar surface area (TPSA) is 44.8 Å². The van der Waals surface area contributed by atoms with Crippen molar-refractivity contribution in [1.29, 1.82) is 0 Å². The van der Waals surface area contributed by atoms with Gasteiger partial charge in [0, 0.05) is 5.92 Å². The van der Waals surface area contributed by atoms with E-state index in [0.717, 1.165) is 11.1 Å². The van der Waals surface area contributed by atoms with E-state index in [9.17, 15) is 4.79 Å². The number of esters is 1. The molecule has 0 radical (unpaired) electrons. The summed E-state index contributed by atoms with van der Waals surface area (Å²) in [6.45, 7) is 2.47. The Bertz CT molecular complexity index is 637. The molecule has 0 aliphatic heterocycles. The first kappa shape index (κ1) is 16.9. The van der Waals surface area contributed by atoms with Gasteiger partial charge >= 0.3 is 5.97 Å². The summed E-state index contributed by atoms with van der Waals surface area (Å²) >= 11 is 0. The summed E-state index contributed by atoms with van der Waals surface area (Å²) in [6.07, 6.45) is 0.276. The van der Waals surface area contributed by atoms with Crippen LogP contribution < -0.4 is 9.47 Å². The van der Waals surface area contributed by atoms with Gasteiger partial charge in [0.05, 0.1) is 27.2 Å². The van der Waals surface area contributed by atoms with Crippen LogP contribution in [0.1, 0.15) is 30.4 Å². The minimum absolute atomic E-state index is 0.0891. The van der Waals surface area contributed by atoms with Crippen LogP contribution in [0, 0.1) is 0 Å². The Morgan fingerprint density at radius 1 is 1.00 bits per heavy atom. The molecule has 2 rings (SSSR count). The second-order valence-corrected chi connectivity index (χ2v) is 5.09. The standard InChI is InChI=1S/C19H22O4/c1-4-23-18-12-15(10-11-17(18)21-2)16(13-19(20)22-3)14-8-6-5-7-9-14/h5-12,16H,4,13H2,1-3H3. The molecule has 0 N–H and O–H groups in total. The Hall–Kier alpha value is -2.49. The zero-order valence-corrected chi connectivity index (χ0v) is 13.7. The predicted molar refractivity (Wildman–Crippen MR) is 89.1 cm³/mol. The summed E-state index contributed by atoms with van der Waals surface area (Å²) < 4.78 is 15.8. The van der Waals surface area contributed by atoms with Crippen molar-refractivity contribution in [3.8, 4) is 11.5 Å². The quantitative estimate of drug-likeness (QED) is 0.729. The van der Waals surface area contributed by atoms with Gasteiger partial charge in [-0.25, -0.2) is 0 Å². The van der Waals surface area contributed by atoms with Crippen LogP contribution in [-0.2, 0) is 9.53 Å². The maximum Gasteiger partial charge on any atom is 0.306 e. The summed E-state index contributed by atoms with van der Waals surface area (Å²) in [7, 11) is 3.02. The second kappa shape index (κ2) is 8.22. The van der Waals surface area contributed by atoms with Crippen LogP contribution in [0.25, 0.3) is 0 Å². The molecule has 0 bridgehead atoms. The van der Waals surface area contributed by atoms with Gasteiger partial charge in [-0.15, -0.1) is 0 Å². The molecule has 0 amide bonds. The molecule has 4 nitrogen and oxygen atoms in total. The first-order valence-corrected chi connectivity index (χ1v) is 7.62. The van der Waals surface area contributed by atoms with Gasteiger partial charge in [0.25, 0.3) is 0 Å². The van der Waals surface area contributed by atoms with E-state index in [0.29, 0.717) is 18.1 Å². The van der Waals surface area contributed by atoms with E-state index in [4.69, 9.17) is 14.2 Å². The molecule has 4 heteroatoms. The van der Waals surface area contributed by atoms with Crippen LogP contribution in [-0.4, -0.2) is 26.8 Å². The molecule has 2 aromatic carbocycles. The van der Waals surface area contributed by atoms with Crippen molar-refractivity contribution in [2.75, 3.05) is 20.8 Å². The zero-order valence-electron chi connectivity index (χ0n) is 13.7. The smallest absolute Gasteiger partial charge is 0.306 e. The number of carbonyl (C=O) groups excluding carboxylic acids is 1. The fourth-order valence-corrected chi connectivity index (χ4v) is 2.54. The number of ether oxygens (including phenoxy) is 3. The highest BCUT2D eigenvalue weighted by molar-refractivity contribution is 5.71. The van der Waals surface area contributed by atoms with Crippen LogP contribution in [0.5, 0.6) is 11.5 Å². The normalized spacial score (nSPS) is 11.6. The molecular formula is C19H22O4. The summed E-state index contributed by atoms with van der Waals surface area (Å²) in [5.41, 5.74) is 2.05. The second-order valence-electron chi connectivity index (χ2n) is 5.09. The van der Waals surface area contributed by atoms with Crippen LogP contribution in [0.4, 0.5) is 0 Å². The van der Waals surface area contributed by atoms with Crippen molar-refractivity contribution in [2.24, 2.45) is 0 Å². The highest BCUT2D eigenvalue weighted by Gasteiger charge is 2.20. The zero-order chi connectivity index (χ0) is 16.7. The minimum atomic E-state index is -0.243. The van der Waals surface area contributed by atoms with E-state index in [2.05, 4.69) is 0 Å². The lowest BCUT2D eigenvalue weighted by molar-refractivity contribution is -0.140. The van der Waals surface area contributed by atoms with E-state index >= 15 is 0 Å². The third-order valence-corrected chi connectivity index (χ3v) is 3.69. The van der Waals surface area contributed by atoms with Crippen LogP contribution >= 0.6 is 0 Å². The van der Waals surface area contributed by atoms with Crippen LogP contribution in [0.15, 0.2) is 48.5 Å². The Balaban J connectivity index is 2.42. The van der Waals surface area contributed by atoms with Crippen LogP contribution in [0.3, 0.4) is 0 Å². The van der Waals surface area contributed by atoms with Crippen LogP contribution in [0.2, 0.25) is 0 Å². The van der Waals surface area contributed by atoms with Gasteiger partial charge in [-0.2, -0.15) is 0 Å². The molecule has 2 aromatic rings. The molecular weight excluding hydrogens is 292 g/mol. The Morgan fingerprint density at radius 3 is 2.35 bits per heavy atom. The molecule has 0 aromatic heterocycles. The molecule has 122 valence electrons. The molecule has 23 heavy (non-hydrogen) atoms. The van der Waals surface area contributed by atoms with Gasteiger partial charge in [-0.05, 0) is 30.2 Å². The van der Waals surface area contributed by atoms with Crippen molar-refractivity contribution in [3.63, 3.8) is 0 Å². The molecule has 1 atom stereocenters. The molecule has 0 heterocycles. The Kier molecular flexibility index (Phi) is 6.03. The first-order valence-electron chi connectivity index (χ1n) is 7.62. The molecule has 0 spiro atoms. The minimum Gasteiger partial charge on any atom is -0.493 e. The van der Waals surface area contributed by atoms with E-state index < -0.39 is 0 Å². The SMILES string of the molecule is CCOc1cc(C(CC(=O)OC)c2ccccc2)ccc1OC. The number of hydrogen-bond acceptors (Lipinski definition) is 4. The van der Waals surface area contributed by atoms with Crippen molar-refractivity contribution < 1.29 is 19.0 Å². The van der Waals surface area contributed by atoms with Gasteiger partial charge in [0.1, 0.15) is 0 Å². The van der Waals surface area contributed by atoms with Gasteiger partial charge in [0.15, 0.2) is 11.5 Å². The fraction of sp³-hybridized carbons (Fsp3) is 0.316. The molecule has 0 aliphatic carbocycles. The average Bonchev–Trinajstić information content (AvgIpc) is 2.60. The summed E-state index contributed by atoms with van der Waals surface area (Å²) in [5.74, 6) is 1.03. The maximum atomic E-state index is 11.8.